The number of hydrogen-bond donors (Lipinski definition) is 2. The number of anilines is 2. The quantitative estimate of drug-likeness (QED) is 0.410. The summed E-state index contributed by atoms with van der Waals surface area (Å²) >= 11 is 0. The van der Waals surface area contributed by atoms with Gasteiger partial charge >= 0.3 is 0 Å². The van der Waals surface area contributed by atoms with Crippen LogP contribution >= 0.6 is 0 Å². The number of pyridine rings is 1. The minimum absolute atomic E-state index is 0.0993. The third-order valence-electron chi connectivity index (χ3n) is 5.82. The lowest BCUT2D eigenvalue weighted by molar-refractivity contribution is -0.144. The van der Waals surface area contributed by atoms with Crippen molar-refractivity contribution >= 4 is 34.4 Å². The molecule has 4 aromatic rings. The number of hydrogen-bond acceptors (Lipinski definition) is 8. The maximum absolute atomic E-state index is 13.1. The van der Waals surface area contributed by atoms with Crippen molar-refractivity contribution in [3.05, 3.63) is 30.2 Å². The van der Waals surface area contributed by atoms with Gasteiger partial charge in [-0.15, -0.1) is 5.10 Å². The number of nitrogens with two attached hydrogens (primary N) is 1. The number of alkyl halides is 2. The van der Waals surface area contributed by atoms with Gasteiger partial charge in [0.2, 0.25) is 0 Å². The zero-order valence-electron chi connectivity index (χ0n) is 18.6. The van der Waals surface area contributed by atoms with Crippen molar-refractivity contribution in [1.29, 1.82) is 0 Å². The Labute approximate surface area is 192 Å². The Bertz CT molecular complexity index is 1380. The topological polar surface area (TPSA) is 128 Å². The van der Waals surface area contributed by atoms with E-state index in [1.54, 1.807) is 43.3 Å². The molecule has 1 fully saturated rings. The molecule has 5 rings (SSSR count). The summed E-state index contributed by atoms with van der Waals surface area (Å²) in [5.41, 5.74) is 11.4. The average Bonchev–Trinajstić information content (AvgIpc) is 3.35. The van der Waals surface area contributed by atoms with Gasteiger partial charge < -0.3 is 15.2 Å². The zero-order valence-corrected chi connectivity index (χ0v) is 18.6. The van der Waals surface area contributed by atoms with Crippen molar-refractivity contribution < 1.29 is 18.4 Å². The lowest BCUT2D eigenvalue weighted by atomic mass is 10.1. The number of nitrogen functional groups attached to an aromatic ring is 1. The summed E-state index contributed by atoms with van der Waals surface area (Å²) in [6.45, 7) is 1.87. The molecule has 0 radical (unpaired) electrons. The summed E-state index contributed by atoms with van der Waals surface area (Å²) in [4.78, 5) is 32.5. The zero-order chi connectivity index (χ0) is 24.0. The maximum Gasteiger partial charge on any atom is 0.267 e. The number of rotatable bonds is 6. The molecule has 1 saturated heterocycles. The smallest absolute Gasteiger partial charge is 0.267 e. The van der Waals surface area contributed by atoms with Crippen molar-refractivity contribution in [2.75, 3.05) is 24.8 Å². The molecular formula is C21H23F2N9O2. The van der Waals surface area contributed by atoms with Crippen LogP contribution in [0.4, 0.5) is 20.5 Å². The Hall–Kier alpha value is -3.87. The van der Waals surface area contributed by atoms with Crippen molar-refractivity contribution in [3.63, 3.8) is 0 Å². The van der Waals surface area contributed by atoms with Crippen LogP contribution in [0.1, 0.15) is 18.7 Å². The van der Waals surface area contributed by atoms with Gasteiger partial charge in [-0.05, 0) is 38.0 Å². The first-order valence-corrected chi connectivity index (χ1v) is 10.8. The van der Waals surface area contributed by atoms with E-state index in [-0.39, 0.29) is 17.7 Å². The highest BCUT2D eigenvalue weighted by atomic mass is 19.3. The minimum atomic E-state index is -2.53. The van der Waals surface area contributed by atoms with Gasteiger partial charge in [-0.1, -0.05) is 0 Å². The fourth-order valence-electron chi connectivity index (χ4n) is 4.15. The fourth-order valence-corrected chi connectivity index (χ4v) is 4.15. The summed E-state index contributed by atoms with van der Waals surface area (Å²) in [5.74, 6) is 0.608. The number of carbonyl (C=O) groups is 1. The first-order valence-electron chi connectivity index (χ1n) is 10.8. The Morgan fingerprint density at radius 3 is 2.88 bits per heavy atom. The van der Waals surface area contributed by atoms with Gasteiger partial charge in [0, 0.05) is 25.4 Å². The van der Waals surface area contributed by atoms with E-state index in [9.17, 15) is 13.6 Å². The number of likely N-dealkylation sites (tertiary alicyclic amines) is 1. The number of piperidine rings is 1. The molecule has 1 aliphatic rings. The Morgan fingerprint density at radius 1 is 1.26 bits per heavy atom. The monoisotopic (exact) mass is 471 g/mol. The number of aryl methyl sites for hydroxylation is 1. The average molecular weight is 471 g/mol. The number of likely N-dealkylation sites (N-methyl/N-ethyl adjacent to an activating group) is 1. The molecule has 0 spiro atoms. The highest BCUT2D eigenvalue weighted by Crippen LogP contribution is 2.29. The number of nitrogens with one attached hydrogen (secondary N) is 1. The van der Waals surface area contributed by atoms with Crippen molar-refractivity contribution in [1.82, 2.24) is 34.0 Å². The van der Waals surface area contributed by atoms with Crippen molar-refractivity contribution in [3.8, 4) is 11.3 Å². The van der Waals surface area contributed by atoms with Gasteiger partial charge in [0.25, 0.3) is 18.3 Å². The van der Waals surface area contributed by atoms with Gasteiger partial charge in [-0.3, -0.25) is 9.63 Å². The second kappa shape index (κ2) is 8.48. The van der Waals surface area contributed by atoms with Crippen LogP contribution in [0.15, 0.2) is 24.4 Å². The SMILES string of the molecule is Cc1nc2ccc(-c3ccn4nc(NO[C@@H]5CCCN(C)C5=O)nc(N)c34)nc2n1CC(F)F. The molecule has 5 heterocycles. The number of nitrogens with zero attached hydrogens (tertiary/aromatic N) is 7. The summed E-state index contributed by atoms with van der Waals surface area (Å²) in [7, 11) is 1.73. The van der Waals surface area contributed by atoms with Gasteiger partial charge in [0.1, 0.15) is 16.9 Å². The normalized spacial score (nSPS) is 16.8. The predicted octanol–water partition coefficient (Wildman–Crippen LogP) is 2.26. The van der Waals surface area contributed by atoms with Crippen LogP contribution in [0.5, 0.6) is 0 Å². The van der Waals surface area contributed by atoms with E-state index >= 15 is 0 Å². The fraction of sp³-hybridized carbons (Fsp3) is 0.381. The van der Waals surface area contributed by atoms with Gasteiger partial charge in [0.05, 0.1) is 12.2 Å². The highest BCUT2D eigenvalue weighted by Gasteiger charge is 2.28. The summed E-state index contributed by atoms with van der Waals surface area (Å²) < 4.78 is 29.0. The standard InChI is InChI=1S/C21H23F2N9O2/c1-11-25-14-6-5-13(26-19(14)31(11)10-16(22)23)12-7-9-32-17(12)18(24)27-21(28-32)29-34-15-4-3-8-30(2)20(15)33/h5-7,9,15-16H,3-4,8,10H2,1-2H3,(H3,24,27,28,29)/t15-/m1/s1. The van der Waals surface area contributed by atoms with Crippen LogP contribution in [0.25, 0.3) is 27.9 Å². The summed E-state index contributed by atoms with van der Waals surface area (Å²) in [6, 6.07) is 5.24. The van der Waals surface area contributed by atoms with Gasteiger partial charge in [-0.2, -0.15) is 4.98 Å². The van der Waals surface area contributed by atoms with E-state index in [0.29, 0.717) is 46.7 Å². The molecule has 4 aromatic heterocycles. The predicted molar refractivity (Wildman–Crippen MR) is 120 cm³/mol. The highest BCUT2D eigenvalue weighted by molar-refractivity contribution is 5.88. The van der Waals surface area contributed by atoms with Crippen LogP contribution in [0.2, 0.25) is 0 Å². The molecule has 0 bridgehead atoms. The summed E-state index contributed by atoms with van der Waals surface area (Å²) in [6.07, 6.45) is -0.0430. The van der Waals surface area contributed by atoms with E-state index < -0.39 is 19.1 Å². The van der Waals surface area contributed by atoms with Gasteiger partial charge in [0.15, 0.2) is 17.6 Å². The molecule has 34 heavy (non-hydrogen) atoms. The number of amides is 1. The molecule has 1 amide bonds. The largest absolute Gasteiger partial charge is 0.382 e. The molecular weight excluding hydrogens is 448 g/mol. The van der Waals surface area contributed by atoms with Gasteiger partial charge in [-0.25, -0.2) is 28.7 Å². The van der Waals surface area contributed by atoms with E-state index in [1.165, 1.54) is 9.08 Å². The molecule has 1 atom stereocenters. The Morgan fingerprint density at radius 2 is 2.09 bits per heavy atom. The number of imidazole rings is 1. The van der Waals surface area contributed by atoms with Crippen LogP contribution in [-0.4, -0.2) is 66.1 Å². The van der Waals surface area contributed by atoms with Crippen LogP contribution in [-0.2, 0) is 16.2 Å². The Kier molecular flexibility index (Phi) is 5.48. The molecule has 0 saturated carbocycles. The number of carbonyl (C=O) groups excluding carboxylic acids is 1. The second-order valence-electron chi connectivity index (χ2n) is 8.15. The number of fused-ring (bicyclic) bond motifs is 2. The lowest BCUT2D eigenvalue weighted by Gasteiger charge is -2.28. The van der Waals surface area contributed by atoms with E-state index in [0.717, 1.165) is 6.42 Å². The molecule has 13 heteroatoms. The van der Waals surface area contributed by atoms with Crippen LogP contribution < -0.4 is 11.2 Å². The number of aromatic nitrogens is 6. The third kappa shape index (κ3) is 3.87. The van der Waals surface area contributed by atoms with Crippen molar-refractivity contribution in [2.45, 2.75) is 38.8 Å². The van der Waals surface area contributed by atoms with E-state index in [4.69, 9.17) is 10.6 Å². The molecule has 0 aliphatic carbocycles. The molecule has 11 nitrogen and oxygen atoms in total. The third-order valence-corrected chi connectivity index (χ3v) is 5.82. The maximum atomic E-state index is 13.1. The first kappa shape index (κ1) is 21.9. The first-order chi connectivity index (χ1) is 16.3. The van der Waals surface area contributed by atoms with Crippen LogP contribution in [0.3, 0.4) is 0 Å². The van der Waals surface area contributed by atoms with E-state index in [2.05, 4.69) is 25.5 Å². The molecule has 1 aliphatic heterocycles. The second-order valence-corrected chi connectivity index (χ2v) is 8.15. The molecule has 0 aromatic carbocycles. The van der Waals surface area contributed by atoms with Crippen molar-refractivity contribution in [2.24, 2.45) is 0 Å². The molecule has 0 unspecified atom stereocenters. The molecule has 3 N–H and O–H groups in total. The minimum Gasteiger partial charge on any atom is -0.382 e. The Balaban J connectivity index is 1.45. The van der Waals surface area contributed by atoms with Crippen LogP contribution in [0, 0.1) is 6.92 Å². The number of halogens is 2. The lowest BCUT2D eigenvalue weighted by Crippen LogP contribution is -2.43. The van der Waals surface area contributed by atoms with E-state index in [1.807, 2.05) is 0 Å². The molecule has 178 valence electrons. The summed E-state index contributed by atoms with van der Waals surface area (Å²) in [5, 5.41) is 4.35.